The second-order valence-corrected chi connectivity index (χ2v) is 12.7. The molecule has 0 bridgehead atoms. The Kier molecular flexibility index (Phi) is 9.07. The van der Waals surface area contributed by atoms with Crippen molar-refractivity contribution in [1.82, 2.24) is 35.7 Å². The molecule has 1 atom stereocenters. The van der Waals surface area contributed by atoms with Crippen LogP contribution >= 0.6 is 23.2 Å². The van der Waals surface area contributed by atoms with Crippen molar-refractivity contribution in [3.8, 4) is 17.1 Å². The molecule has 3 heterocycles. The summed E-state index contributed by atoms with van der Waals surface area (Å²) in [5.74, 6) is 0.766. The van der Waals surface area contributed by atoms with Crippen LogP contribution in [0.4, 0.5) is 0 Å². The van der Waals surface area contributed by atoms with E-state index in [1.165, 1.54) is 0 Å². The number of H-pyrrole nitrogens is 1. The Morgan fingerprint density at radius 2 is 1.80 bits per heavy atom. The number of ether oxygens (including phenoxy) is 1. The molecule has 0 saturated carbocycles. The summed E-state index contributed by atoms with van der Waals surface area (Å²) < 4.78 is 5.58. The molecule has 45 heavy (non-hydrogen) atoms. The van der Waals surface area contributed by atoms with Crippen LogP contribution in [0, 0.1) is 0 Å². The van der Waals surface area contributed by atoms with Crippen molar-refractivity contribution < 1.29 is 14.3 Å². The number of methoxy groups -OCH3 is 1. The number of hydrogen-bond donors (Lipinski definition) is 2. The molecule has 1 aromatic heterocycles. The summed E-state index contributed by atoms with van der Waals surface area (Å²) in [6, 6.07) is 21.3. The molecule has 12 heteroatoms. The summed E-state index contributed by atoms with van der Waals surface area (Å²) in [6.45, 7) is 3.62. The average Bonchev–Trinajstić information content (AvgIpc) is 3.78. The lowest BCUT2D eigenvalue weighted by molar-refractivity contribution is -0.112. The quantitative estimate of drug-likeness (QED) is 0.230. The van der Waals surface area contributed by atoms with Crippen LogP contribution in [0.15, 0.2) is 66.7 Å². The number of tetrazole rings is 1. The lowest BCUT2D eigenvalue weighted by Gasteiger charge is -2.43. The second-order valence-electron chi connectivity index (χ2n) is 11.8. The molecule has 6 rings (SSSR count). The molecule has 2 aliphatic rings. The van der Waals surface area contributed by atoms with Gasteiger partial charge in [0.15, 0.2) is 0 Å². The number of carbonyl (C=O) groups is 2. The van der Waals surface area contributed by atoms with E-state index in [1.807, 2.05) is 41.3 Å². The van der Waals surface area contributed by atoms with E-state index in [2.05, 4.69) is 43.0 Å². The molecule has 2 N–H and O–H groups in total. The average molecular weight is 649 g/mol. The highest BCUT2D eigenvalue weighted by atomic mass is 35.5. The highest BCUT2D eigenvalue weighted by Crippen LogP contribution is 2.42. The fourth-order valence-corrected chi connectivity index (χ4v) is 7.14. The minimum Gasteiger partial charge on any atom is -0.496 e. The van der Waals surface area contributed by atoms with Crippen LogP contribution in [0.5, 0.6) is 5.75 Å². The van der Waals surface area contributed by atoms with Crippen molar-refractivity contribution in [2.24, 2.45) is 0 Å². The molecule has 0 radical (unpaired) electrons. The maximum Gasteiger partial charge on any atom is 0.257 e. The van der Waals surface area contributed by atoms with Gasteiger partial charge in [-0.2, -0.15) is 5.21 Å². The number of carbonyl (C=O) groups excluding carboxylic acids is 2. The van der Waals surface area contributed by atoms with Crippen LogP contribution in [-0.4, -0.2) is 82.6 Å². The molecule has 0 spiro atoms. The summed E-state index contributed by atoms with van der Waals surface area (Å²) in [7, 11) is 1.56. The zero-order valence-corrected chi connectivity index (χ0v) is 26.5. The van der Waals surface area contributed by atoms with Gasteiger partial charge in [-0.25, -0.2) is 0 Å². The minimum absolute atomic E-state index is 0.121. The Hall–Kier alpha value is -3.99. The normalized spacial score (nSPS) is 19.8. The first-order valence-electron chi connectivity index (χ1n) is 15.0. The van der Waals surface area contributed by atoms with Gasteiger partial charge in [0.2, 0.25) is 12.2 Å². The van der Waals surface area contributed by atoms with Gasteiger partial charge in [-0.1, -0.05) is 59.6 Å². The second kappa shape index (κ2) is 13.2. The molecule has 2 fully saturated rings. The van der Waals surface area contributed by atoms with Crippen LogP contribution in [0.1, 0.15) is 47.2 Å². The first kappa shape index (κ1) is 31.0. The number of likely N-dealkylation sites (tertiary alicyclic amines) is 2. The highest BCUT2D eigenvalue weighted by Gasteiger charge is 2.43. The van der Waals surface area contributed by atoms with Gasteiger partial charge in [-0.05, 0) is 78.9 Å². The number of halogens is 2. The summed E-state index contributed by atoms with van der Waals surface area (Å²) in [4.78, 5) is 30.0. The zero-order valence-electron chi connectivity index (χ0n) is 25.0. The van der Waals surface area contributed by atoms with Gasteiger partial charge < -0.3 is 19.9 Å². The van der Waals surface area contributed by atoms with E-state index >= 15 is 0 Å². The van der Waals surface area contributed by atoms with Gasteiger partial charge in [-0.3, -0.25) is 9.59 Å². The Morgan fingerprint density at radius 3 is 2.49 bits per heavy atom. The third-order valence-corrected chi connectivity index (χ3v) is 10.2. The number of aromatic nitrogens is 4. The smallest absolute Gasteiger partial charge is 0.257 e. The van der Waals surface area contributed by atoms with Crippen molar-refractivity contribution in [1.29, 1.82) is 0 Å². The van der Waals surface area contributed by atoms with Crippen LogP contribution in [0.3, 0.4) is 0 Å². The number of hydrogen-bond acceptors (Lipinski definition) is 7. The van der Waals surface area contributed by atoms with Gasteiger partial charge in [0.25, 0.3) is 5.91 Å². The summed E-state index contributed by atoms with van der Waals surface area (Å²) in [5.41, 5.74) is 2.62. The summed E-state index contributed by atoms with van der Waals surface area (Å²) >= 11 is 12.8. The lowest BCUT2D eigenvalue weighted by Crippen LogP contribution is -2.51. The first-order chi connectivity index (χ1) is 21.9. The van der Waals surface area contributed by atoms with E-state index < -0.39 is 0 Å². The molecular weight excluding hydrogens is 613 g/mol. The maximum atomic E-state index is 14.1. The lowest BCUT2D eigenvalue weighted by atomic mass is 9.76. The van der Waals surface area contributed by atoms with E-state index in [9.17, 15) is 9.59 Å². The maximum absolute atomic E-state index is 14.1. The van der Waals surface area contributed by atoms with Gasteiger partial charge in [-0.15, -0.1) is 10.2 Å². The number of benzene rings is 3. The fourth-order valence-electron chi connectivity index (χ4n) is 6.84. The molecule has 2 saturated heterocycles. The molecule has 234 valence electrons. The van der Waals surface area contributed by atoms with Gasteiger partial charge in [0, 0.05) is 37.2 Å². The Morgan fingerprint density at radius 1 is 1.00 bits per heavy atom. The van der Waals surface area contributed by atoms with Gasteiger partial charge in [0.1, 0.15) is 5.75 Å². The van der Waals surface area contributed by atoms with E-state index in [0.29, 0.717) is 45.8 Å². The molecule has 0 aliphatic carbocycles. The molecule has 1 unspecified atom stereocenters. The molecule has 2 amide bonds. The SMILES string of the molecule is COc1ccc(-c2nn[nH]n2)cc1C(=O)N1CCC(CCN2CCC(NC=O)(c3ccccc3)CC2)(c2ccc(Cl)c(Cl)c2)C1. The summed E-state index contributed by atoms with van der Waals surface area (Å²) in [6.07, 6.45) is 4.05. The Labute approximate surface area is 272 Å². The van der Waals surface area contributed by atoms with Crippen LogP contribution in [-0.2, 0) is 15.7 Å². The Bertz CT molecular complexity index is 1650. The number of nitrogens with zero attached hydrogens (tertiary/aromatic N) is 5. The Balaban J connectivity index is 1.22. The zero-order chi connectivity index (χ0) is 31.4. The number of amides is 2. The molecular formula is C33H35Cl2N7O3. The van der Waals surface area contributed by atoms with E-state index in [1.54, 1.807) is 25.3 Å². The van der Waals surface area contributed by atoms with Crippen molar-refractivity contribution >= 4 is 35.5 Å². The molecule has 3 aromatic carbocycles. The molecule has 10 nitrogen and oxygen atoms in total. The predicted molar refractivity (Wildman–Crippen MR) is 172 cm³/mol. The van der Waals surface area contributed by atoms with Crippen molar-refractivity contribution in [2.75, 3.05) is 39.8 Å². The molecule has 4 aromatic rings. The van der Waals surface area contributed by atoms with Crippen molar-refractivity contribution in [3.63, 3.8) is 0 Å². The van der Waals surface area contributed by atoms with Gasteiger partial charge >= 0.3 is 0 Å². The monoisotopic (exact) mass is 647 g/mol. The number of nitrogens with one attached hydrogen (secondary N) is 2. The molecule has 2 aliphatic heterocycles. The number of piperidine rings is 1. The fraction of sp³-hybridized carbons (Fsp3) is 0.364. The van der Waals surface area contributed by atoms with E-state index in [4.69, 9.17) is 27.9 Å². The largest absolute Gasteiger partial charge is 0.496 e. The van der Waals surface area contributed by atoms with Crippen LogP contribution < -0.4 is 10.1 Å². The van der Waals surface area contributed by atoms with Crippen LogP contribution in [0.25, 0.3) is 11.4 Å². The van der Waals surface area contributed by atoms with Gasteiger partial charge in [0.05, 0.1) is 28.3 Å². The third kappa shape index (κ3) is 6.27. The van der Waals surface area contributed by atoms with E-state index in [0.717, 1.165) is 62.9 Å². The summed E-state index contributed by atoms with van der Waals surface area (Å²) in [5, 5.41) is 18.4. The number of aromatic amines is 1. The van der Waals surface area contributed by atoms with E-state index in [-0.39, 0.29) is 16.9 Å². The topological polar surface area (TPSA) is 116 Å². The van der Waals surface area contributed by atoms with Crippen LogP contribution in [0.2, 0.25) is 10.0 Å². The third-order valence-electron chi connectivity index (χ3n) is 9.48. The van der Waals surface area contributed by atoms with Crippen molar-refractivity contribution in [2.45, 2.75) is 36.6 Å². The standard InChI is InChI=1S/C33H35Cl2N7O3/c1-45-29-10-7-23(30-37-39-40-38-30)19-26(29)31(44)42-18-12-32(21-42,25-8-9-27(34)28(35)20-25)11-15-41-16-13-33(14-17-41,36-22-43)24-5-3-2-4-6-24/h2-10,19-20,22H,11-18,21H2,1H3,(H,36,43)(H,37,38,39,40). The number of rotatable bonds is 10. The first-order valence-corrected chi connectivity index (χ1v) is 15.8. The predicted octanol–water partition coefficient (Wildman–Crippen LogP) is 5.09. The minimum atomic E-state index is -0.368. The van der Waals surface area contributed by atoms with Crippen molar-refractivity contribution in [3.05, 3.63) is 93.5 Å². The highest BCUT2D eigenvalue weighted by molar-refractivity contribution is 6.42.